The second-order valence-electron chi connectivity index (χ2n) is 4.51. The molecular formula is C14H12ClN5O2. The predicted octanol–water partition coefficient (Wildman–Crippen LogP) is 1.72. The standard InChI is InChI=1S/C14H12ClN5O2/c1-22-12-4-10(15)3-2-9(12)5-17-14(21)11-7-20-8-18-19-13(20)6-16-11/h2-4,6-8H,5H2,1H3,(H,17,21). The largest absolute Gasteiger partial charge is 0.496 e. The van der Waals surface area contributed by atoms with E-state index in [2.05, 4.69) is 20.5 Å². The fourth-order valence-corrected chi connectivity index (χ4v) is 2.15. The lowest BCUT2D eigenvalue weighted by atomic mass is 10.2. The van der Waals surface area contributed by atoms with Crippen molar-refractivity contribution in [2.24, 2.45) is 0 Å². The maximum atomic E-state index is 12.2. The summed E-state index contributed by atoms with van der Waals surface area (Å²) in [5.41, 5.74) is 1.68. The summed E-state index contributed by atoms with van der Waals surface area (Å²) in [6.45, 7) is 0.307. The zero-order valence-electron chi connectivity index (χ0n) is 11.7. The molecule has 0 radical (unpaired) electrons. The Hall–Kier alpha value is -2.67. The number of amides is 1. The molecule has 0 unspecified atom stereocenters. The Labute approximate surface area is 130 Å². The van der Waals surface area contributed by atoms with Gasteiger partial charge in [-0.3, -0.25) is 9.20 Å². The fourth-order valence-electron chi connectivity index (χ4n) is 1.98. The molecule has 0 aliphatic heterocycles. The number of ether oxygens (including phenoxy) is 1. The summed E-state index contributed by atoms with van der Waals surface area (Å²) in [5, 5.41) is 10.9. The highest BCUT2D eigenvalue weighted by Crippen LogP contribution is 2.22. The number of halogens is 1. The fraction of sp³-hybridized carbons (Fsp3) is 0.143. The second kappa shape index (κ2) is 5.98. The Morgan fingerprint density at radius 2 is 2.32 bits per heavy atom. The third-order valence-electron chi connectivity index (χ3n) is 3.10. The van der Waals surface area contributed by atoms with E-state index in [-0.39, 0.29) is 11.6 Å². The number of rotatable bonds is 4. The lowest BCUT2D eigenvalue weighted by molar-refractivity contribution is 0.0945. The SMILES string of the molecule is COc1cc(Cl)ccc1CNC(=O)c1cn2cnnc2cn1. The van der Waals surface area contributed by atoms with E-state index in [0.717, 1.165) is 5.56 Å². The van der Waals surface area contributed by atoms with Gasteiger partial charge in [-0.2, -0.15) is 0 Å². The average molecular weight is 318 g/mol. The highest BCUT2D eigenvalue weighted by molar-refractivity contribution is 6.30. The van der Waals surface area contributed by atoms with Gasteiger partial charge in [0.05, 0.1) is 13.3 Å². The minimum atomic E-state index is -0.299. The number of methoxy groups -OCH3 is 1. The summed E-state index contributed by atoms with van der Waals surface area (Å²) in [5.74, 6) is 0.322. The topological polar surface area (TPSA) is 81.4 Å². The van der Waals surface area contributed by atoms with Gasteiger partial charge >= 0.3 is 0 Å². The highest BCUT2D eigenvalue weighted by Gasteiger charge is 2.10. The Morgan fingerprint density at radius 3 is 3.14 bits per heavy atom. The first kappa shape index (κ1) is 14.3. The van der Waals surface area contributed by atoms with Crippen LogP contribution >= 0.6 is 11.6 Å². The predicted molar refractivity (Wildman–Crippen MR) is 80.0 cm³/mol. The van der Waals surface area contributed by atoms with Gasteiger partial charge in [0.2, 0.25) is 0 Å². The third-order valence-corrected chi connectivity index (χ3v) is 3.34. The number of carbonyl (C=O) groups is 1. The molecule has 2 aromatic heterocycles. The Balaban J connectivity index is 1.74. The zero-order valence-corrected chi connectivity index (χ0v) is 12.4. The first-order chi connectivity index (χ1) is 10.7. The molecule has 1 amide bonds. The van der Waals surface area contributed by atoms with Crippen molar-refractivity contribution in [2.75, 3.05) is 7.11 Å². The molecule has 0 atom stereocenters. The molecule has 0 aliphatic rings. The normalized spacial score (nSPS) is 10.6. The smallest absolute Gasteiger partial charge is 0.271 e. The Bertz CT molecular complexity index is 833. The number of hydrogen-bond donors (Lipinski definition) is 1. The molecule has 22 heavy (non-hydrogen) atoms. The van der Waals surface area contributed by atoms with Gasteiger partial charge in [0.1, 0.15) is 17.8 Å². The molecule has 0 saturated heterocycles. The number of aromatic nitrogens is 4. The summed E-state index contributed by atoms with van der Waals surface area (Å²) in [6, 6.07) is 5.25. The van der Waals surface area contributed by atoms with E-state index in [9.17, 15) is 4.79 Å². The van der Waals surface area contributed by atoms with E-state index in [1.807, 2.05) is 0 Å². The summed E-state index contributed by atoms with van der Waals surface area (Å²) in [7, 11) is 1.55. The lowest BCUT2D eigenvalue weighted by Crippen LogP contribution is -2.24. The number of fused-ring (bicyclic) bond motifs is 1. The molecule has 0 aliphatic carbocycles. The molecule has 3 aromatic rings. The van der Waals surface area contributed by atoms with E-state index in [1.165, 1.54) is 12.5 Å². The van der Waals surface area contributed by atoms with Crippen LogP contribution < -0.4 is 10.1 Å². The molecule has 0 fully saturated rings. The van der Waals surface area contributed by atoms with Crippen LogP contribution in [0.25, 0.3) is 5.65 Å². The molecular weight excluding hydrogens is 306 g/mol. The van der Waals surface area contributed by atoms with Crippen molar-refractivity contribution in [3.8, 4) is 5.75 Å². The van der Waals surface area contributed by atoms with Crippen molar-refractivity contribution < 1.29 is 9.53 Å². The van der Waals surface area contributed by atoms with Gasteiger partial charge in [0, 0.05) is 23.3 Å². The molecule has 2 heterocycles. The lowest BCUT2D eigenvalue weighted by Gasteiger charge is -2.10. The van der Waals surface area contributed by atoms with Gasteiger partial charge in [0.15, 0.2) is 5.65 Å². The summed E-state index contributed by atoms with van der Waals surface area (Å²) < 4.78 is 6.87. The van der Waals surface area contributed by atoms with Crippen LogP contribution in [0.1, 0.15) is 16.1 Å². The Kier molecular flexibility index (Phi) is 3.88. The van der Waals surface area contributed by atoms with Crippen LogP contribution in [0.3, 0.4) is 0 Å². The number of nitrogens with zero attached hydrogens (tertiary/aromatic N) is 4. The van der Waals surface area contributed by atoms with E-state index in [0.29, 0.717) is 23.0 Å². The van der Waals surface area contributed by atoms with Crippen LogP contribution in [-0.2, 0) is 6.54 Å². The number of benzene rings is 1. The summed E-state index contributed by atoms with van der Waals surface area (Å²) in [4.78, 5) is 16.2. The van der Waals surface area contributed by atoms with E-state index >= 15 is 0 Å². The molecule has 0 saturated carbocycles. The van der Waals surface area contributed by atoms with Crippen molar-refractivity contribution in [1.29, 1.82) is 0 Å². The van der Waals surface area contributed by atoms with Crippen molar-refractivity contribution >= 4 is 23.2 Å². The van der Waals surface area contributed by atoms with Crippen molar-refractivity contribution in [3.05, 3.63) is 53.2 Å². The summed E-state index contributed by atoms with van der Waals surface area (Å²) in [6.07, 6.45) is 4.57. The van der Waals surface area contributed by atoms with Crippen LogP contribution in [-0.4, -0.2) is 32.6 Å². The minimum Gasteiger partial charge on any atom is -0.496 e. The first-order valence-corrected chi connectivity index (χ1v) is 6.81. The monoisotopic (exact) mass is 317 g/mol. The van der Waals surface area contributed by atoms with Gasteiger partial charge in [0.25, 0.3) is 5.91 Å². The second-order valence-corrected chi connectivity index (χ2v) is 4.94. The molecule has 3 rings (SSSR count). The van der Waals surface area contributed by atoms with Crippen molar-refractivity contribution in [1.82, 2.24) is 24.9 Å². The van der Waals surface area contributed by atoms with Gasteiger partial charge in [-0.1, -0.05) is 17.7 Å². The van der Waals surface area contributed by atoms with Crippen molar-refractivity contribution in [3.63, 3.8) is 0 Å². The average Bonchev–Trinajstić information content (AvgIpc) is 3.00. The quantitative estimate of drug-likeness (QED) is 0.792. The number of nitrogens with one attached hydrogen (secondary N) is 1. The van der Waals surface area contributed by atoms with Crippen LogP contribution in [0.2, 0.25) is 5.02 Å². The Morgan fingerprint density at radius 1 is 1.45 bits per heavy atom. The number of carbonyl (C=O) groups excluding carboxylic acids is 1. The molecule has 1 aromatic carbocycles. The van der Waals surface area contributed by atoms with E-state index in [4.69, 9.17) is 16.3 Å². The highest BCUT2D eigenvalue weighted by atomic mass is 35.5. The van der Waals surface area contributed by atoms with Gasteiger partial charge in [-0.25, -0.2) is 4.98 Å². The maximum absolute atomic E-state index is 12.2. The van der Waals surface area contributed by atoms with Crippen molar-refractivity contribution in [2.45, 2.75) is 6.54 Å². The van der Waals surface area contributed by atoms with Gasteiger partial charge < -0.3 is 10.1 Å². The van der Waals surface area contributed by atoms with Gasteiger partial charge in [-0.05, 0) is 12.1 Å². The first-order valence-electron chi connectivity index (χ1n) is 6.43. The number of hydrogen-bond acceptors (Lipinski definition) is 5. The molecule has 8 heteroatoms. The van der Waals surface area contributed by atoms with E-state index in [1.54, 1.807) is 35.9 Å². The van der Waals surface area contributed by atoms with Gasteiger partial charge in [-0.15, -0.1) is 10.2 Å². The van der Waals surface area contributed by atoms with Crippen LogP contribution in [0.5, 0.6) is 5.75 Å². The molecule has 7 nitrogen and oxygen atoms in total. The molecule has 0 spiro atoms. The van der Waals surface area contributed by atoms with Crippen LogP contribution in [0, 0.1) is 0 Å². The van der Waals surface area contributed by atoms with Crippen LogP contribution in [0.15, 0.2) is 36.9 Å². The molecule has 112 valence electrons. The minimum absolute atomic E-state index is 0.278. The molecule has 1 N–H and O–H groups in total. The van der Waals surface area contributed by atoms with Crippen LogP contribution in [0.4, 0.5) is 0 Å². The van der Waals surface area contributed by atoms with E-state index < -0.39 is 0 Å². The summed E-state index contributed by atoms with van der Waals surface area (Å²) >= 11 is 5.91. The third kappa shape index (κ3) is 2.84. The zero-order chi connectivity index (χ0) is 15.5. The molecule has 0 bridgehead atoms. The maximum Gasteiger partial charge on any atom is 0.271 e.